The third kappa shape index (κ3) is 3.97. The van der Waals surface area contributed by atoms with Crippen molar-refractivity contribution in [2.24, 2.45) is 0 Å². The van der Waals surface area contributed by atoms with Crippen molar-refractivity contribution in [1.29, 1.82) is 0 Å². The molecular weight excluding hydrogens is 312 g/mol. The Labute approximate surface area is 136 Å². The zero-order valence-corrected chi connectivity index (χ0v) is 13.6. The van der Waals surface area contributed by atoms with Crippen molar-refractivity contribution in [2.45, 2.75) is 13.0 Å². The molecule has 1 saturated heterocycles. The molecule has 0 saturated carbocycles. The van der Waals surface area contributed by atoms with E-state index in [1.165, 1.54) is 9.71 Å². The molecule has 120 valence electrons. The van der Waals surface area contributed by atoms with E-state index >= 15 is 0 Å². The van der Waals surface area contributed by atoms with E-state index in [-0.39, 0.29) is 6.10 Å². The average molecular weight is 330 g/mol. The van der Waals surface area contributed by atoms with Gasteiger partial charge < -0.3 is 4.74 Å². The van der Waals surface area contributed by atoms with Crippen molar-refractivity contribution < 1.29 is 13.2 Å². The molecule has 0 spiro atoms. The fourth-order valence-corrected chi connectivity index (χ4v) is 3.45. The second kappa shape index (κ2) is 6.52. The molecule has 1 aromatic carbocycles. The minimum absolute atomic E-state index is 0.146. The molecule has 0 aliphatic carbocycles. The zero-order valence-electron chi connectivity index (χ0n) is 12.8. The van der Waals surface area contributed by atoms with Crippen molar-refractivity contribution in [1.82, 2.24) is 9.29 Å². The van der Waals surface area contributed by atoms with E-state index in [1.807, 2.05) is 37.3 Å². The van der Waals surface area contributed by atoms with Gasteiger partial charge in [0.05, 0.1) is 13.1 Å². The average Bonchev–Trinajstić information content (AvgIpc) is 2.51. The van der Waals surface area contributed by atoms with Crippen molar-refractivity contribution in [3.05, 3.63) is 65.2 Å². The number of hydrogen-bond donors (Lipinski definition) is 0. The van der Waals surface area contributed by atoms with Gasteiger partial charge in [-0.25, -0.2) is 13.4 Å². The quantitative estimate of drug-likeness (QED) is 0.845. The summed E-state index contributed by atoms with van der Waals surface area (Å²) in [5.41, 5.74) is 2.00. The van der Waals surface area contributed by atoms with Crippen molar-refractivity contribution in [3.8, 4) is 5.88 Å². The Bertz CT molecular complexity index is 780. The number of aryl methyl sites for hydroxylation is 1. The predicted octanol–water partition coefficient (Wildman–Crippen LogP) is 2.45. The summed E-state index contributed by atoms with van der Waals surface area (Å²) in [6, 6.07) is 13.1. The number of benzene rings is 1. The summed E-state index contributed by atoms with van der Waals surface area (Å²) >= 11 is 0. The first kappa shape index (κ1) is 15.7. The van der Waals surface area contributed by atoms with Gasteiger partial charge >= 0.3 is 0 Å². The molecule has 1 aliphatic rings. The molecule has 0 bridgehead atoms. The van der Waals surface area contributed by atoms with Gasteiger partial charge in [0.1, 0.15) is 6.10 Å². The van der Waals surface area contributed by atoms with Crippen LogP contribution in [0.4, 0.5) is 0 Å². The lowest BCUT2D eigenvalue weighted by atomic mass is 10.2. The Balaban J connectivity index is 1.56. The topological polar surface area (TPSA) is 59.5 Å². The molecule has 0 unspecified atom stereocenters. The number of pyridine rings is 1. The predicted molar refractivity (Wildman–Crippen MR) is 89.4 cm³/mol. The maximum Gasteiger partial charge on any atom is 0.236 e. The lowest BCUT2D eigenvalue weighted by Gasteiger charge is -2.36. The number of ether oxygens (including phenoxy) is 1. The van der Waals surface area contributed by atoms with Gasteiger partial charge in [0.25, 0.3) is 0 Å². The third-order valence-electron chi connectivity index (χ3n) is 3.61. The first-order valence-electron chi connectivity index (χ1n) is 7.35. The van der Waals surface area contributed by atoms with Crippen LogP contribution in [-0.4, -0.2) is 36.9 Å². The van der Waals surface area contributed by atoms with Gasteiger partial charge in [0, 0.05) is 17.7 Å². The third-order valence-corrected chi connectivity index (χ3v) is 5.11. The van der Waals surface area contributed by atoms with Crippen LogP contribution in [0.3, 0.4) is 0 Å². The standard InChI is InChI=1S/C17H18N2O3S/c1-14-5-7-15(8-6-14)9-11-23(20,21)19-12-16(13-19)22-17-4-2-3-10-18-17/h2-11,16H,12-13H2,1H3/b11-9+. The van der Waals surface area contributed by atoms with E-state index in [0.29, 0.717) is 19.0 Å². The number of nitrogens with zero attached hydrogens (tertiary/aromatic N) is 2. The van der Waals surface area contributed by atoms with Gasteiger partial charge in [0.15, 0.2) is 0 Å². The highest BCUT2D eigenvalue weighted by Gasteiger charge is 2.36. The van der Waals surface area contributed by atoms with Gasteiger partial charge in [-0.2, -0.15) is 4.31 Å². The Hall–Kier alpha value is -2.18. The molecule has 1 fully saturated rings. The Morgan fingerprint density at radius 2 is 1.91 bits per heavy atom. The summed E-state index contributed by atoms with van der Waals surface area (Å²) < 4.78 is 31.4. The molecule has 5 nitrogen and oxygen atoms in total. The van der Waals surface area contributed by atoms with Crippen LogP contribution in [0.15, 0.2) is 54.1 Å². The van der Waals surface area contributed by atoms with Crippen LogP contribution in [0.2, 0.25) is 0 Å². The minimum atomic E-state index is -3.40. The van der Waals surface area contributed by atoms with E-state index < -0.39 is 10.0 Å². The second-order valence-electron chi connectivity index (χ2n) is 5.48. The Morgan fingerprint density at radius 1 is 1.17 bits per heavy atom. The molecule has 3 rings (SSSR count). The van der Waals surface area contributed by atoms with Gasteiger partial charge in [-0.05, 0) is 24.6 Å². The Morgan fingerprint density at radius 3 is 2.57 bits per heavy atom. The van der Waals surface area contributed by atoms with Gasteiger partial charge in [-0.3, -0.25) is 0 Å². The SMILES string of the molecule is Cc1ccc(/C=C/S(=O)(=O)N2CC(Oc3ccccn3)C2)cc1. The number of rotatable bonds is 5. The fraction of sp³-hybridized carbons (Fsp3) is 0.235. The first-order chi connectivity index (χ1) is 11.0. The molecule has 0 radical (unpaired) electrons. The first-order valence-corrected chi connectivity index (χ1v) is 8.86. The lowest BCUT2D eigenvalue weighted by Crippen LogP contribution is -2.55. The van der Waals surface area contributed by atoms with Crippen LogP contribution in [0.1, 0.15) is 11.1 Å². The van der Waals surface area contributed by atoms with E-state index in [2.05, 4.69) is 4.98 Å². The molecule has 6 heteroatoms. The summed E-state index contributed by atoms with van der Waals surface area (Å²) in [4.78, 5) is 4.07. The smallest absolute Gasteiger partial charge is 0.236 e. The van der Waals surface area contributed by atoms with Crippen LogP contribution in [0.25, 0.3) is 6.08 Å². The Kier molecular flexibility index (Phi) is 4.45. The van der Waals surface area contributed by atoms with Gasteiger partial charge in [0.2, 0.25) is 15.9 Å². The molecule has 0 N–H and O–H groups in total. The second-order valence-corrected chi connectivity index (χ2v) is 7.30. The van der Waals surface area contributed by atoms with E-state index in [0.717, 1.165) is 11.1 Å². The summed E-state index contributed by atoms with van der Waals surface area (Å²) in [5, 5.41) is 1.24. The highest BCUT2D eigenvalue weighted by Crippen LogP contribution is 2.20. The van der Waals surface area contributed by atoms with Gasteiger partial charge in [-0.1, -0.05) is 35.9 Å². The van der Waals surface area contributed by atoms with Crippen molar-refractivity contribution in [3.63, 3.8) is 0 Å². The van der Waals surface area contributed by atoms with Crippen molar-refractivity contribution >= 4 is 16.1 Å². The normalized spacial score (nSPS) is 16.4. The van der Waals surface area contributed by atoms with Crippen LogP contribution in [0, 0.1) is 6.92 Å². The van der Waals surface area contributed by atoms with Crippen LogP contribution in [-0.2, 0) is 10.0 Å². The minimum Gasteiger partial charge on any atom is -0.472 e. The molecule has 0 atom stereocenters. The highest BCUT2D eigenvalue weighted by molar-refractivity contribution is 7.92. The largest absolute Gasteiger partial charge is 0.472 e. The number of hydrogen-bond acceptors (Lipinski definition) is 4. The van der Waals surface area contributed by atoms with E-state index in [1.54, 1.807) is 24.4 Å². The molecule has 1 aliphatic heterocycles. The maximum absolute atomic E-state index is 12.2. The summed E-state index contributed by atoms with van der Waals surface area (Å²) in [6.07, 6.45) is 3.11. The zero-order chi connectivity index (χ0) is 16.3. The molecule has 0 amide bonds. The summed E-state index contributed by atoms with van der Waals surface area (Å²) in [5.74, 6) is 0.518. The summed E-state index contributed by atoms with van der Waals surface area (Å²) in [7, 11) is -3.40. The van der Waals surface area contributed by atoms with E-state index in [4.69, 9.17) is 4.74 Å². The van der Waals surface area contributed by atoms with E-state index in [9.17, 15) is 8.42 Å². The molecule has 2 heterocycles. The van der Waals surface area contributed by atoms with Gasteiger partial charge in [-0.15, -0.1) is 0 Å². The number of sulfonamides is 1. The van der Waals surface area contributed by atoms with Crippen LogP contribution in [0.5, 0.6) is 5.88 Å². The molecule has 23 heavy (non-hydrogen) atoms. The molecule has 2 aromatic rings. The summed E-state index contributed by atoms with van der Waals surface area (Å²) in [6.45, 7) is 2.68. The van der Waals surface area contributed by atoms with Crippen molar-refractivity contribution in [2.75, 3.05) is 13.1 Å². The monoisotopic (exact) mass is 330 g/mol. The highest BCUT2D eigenvalue weighted by atomic mass is 32.2. The van der Waals surface area contributed by atoms with Crippen LogP contribution >= 0.6 is 0 Å². The van der Waals surface area contributed by atoms with Crippen LogP contribution < -0.4 is 4.74 Å². The lowest BCUT2D eigenvalue weighted by molar-refractivity contribution is 0.0730. The molecule has 1 aromatic heterocycles. The fourth-order valence-electron chi connectivity index (χ4n) is 2.20. The molecular formula is C17H18N2O3S. The number of aromatic nitrogens is 1. The maximum atomic E-state index is 12.2.